The molecule has 0 aliphatic carbocycles. The van der Waals surface area contributed by atoms with Gasteiger partial charge < -0.3 is 15.5 Å². The summed E-state index contributed by atoms with van der Waals surface area (Å²) in [6.07, 6.45) is 5.81. The Bertz CT molecular complexity index is 778. The summed E-state index contributed by atoms with van der Waals surface area (Å²) in [4.78, 5) is 19.5. The molecule has 4 rings (SSSR count). The lowest BCUT2D eigenvalue weighted by Crippen LogP contribution is -2.67. The minimum Gasteiger partial charge on any atom is -0.333 e. The van der Waals surface area contributed by atoms with Gasteiger partial charge in [-0.3, -0.25) is 4.79 Å². The van der Waals surface area contributed by atoms with Gasteiger partial charge in [-0.1, -0.05) is 6.07 Å². The van der Waals surface area contributed by atoms with E-state index < -0.39 is 11.4 Å². The fraction of sp³-hybridized carbons (Fsp3) is 0.500. The van der Waals surface area contributed by atoms with Gasteiger partial charge in [-0.25, -0.2) is 14.1 Å². The monoisotopic (exact) mass is 358 g/mol. The zero-order valence-corrected chi connectivity index (χ0v) is 14.8. The molecule has 0 saturated carbocycles. The molecule has 2 N–H and O–H groups in total. The third-order valence-electron chi connectivity index (χ3n) is 5.45. The number of aromatic nitrogens is 3. The van der Waals surface area contributed by atoms with Crippen molar-refractivity contribution in [2.75, 3.05) is 26.2 Å². The summed E-state index contributed by atoms with van der Waals surface area (Å²) in [6, 6.07) is 3.66. The van der Waals surface area contributed by atoms with Gasteiger partial charge in [-0.15, -0.1) is 0 Å². The van der Waals surface area contributed by atoms with E-state index in [1.165, 1.54) is 10.9 Å². The smallest absolute Gasteiger partial charge is 0.243 e. The first kappa shape index (κ1) is 17.1. The summed E-state index contributed by atoms with van der Waals surface area (Å²) in [7, 11) is 0. The molecular formula is C18H23FN6O. The van der Waals surface area contributed by atoms with E-state index in [0.29, 0.717) is 12.4 Å². The molecule has 1 amide bonds. The largest absolute Gasteiger partial charge is 0.333 e. The molecule has 138 valence electrons. The lowest BCUT2D eigenvalue weighted by Gasteiger charge is -2.46. The predicted octanol–water partition coefficient (Wildman–Crippen LogP) is 1.02. The number of nitrogens with zero attached hydrogens (tertiary/aromatic N) is 4. The number of nitrogens with one attached hydrogen (secondary N) is 2. The van der Waals surface area contributed by atoms with Gasteiger partial charge >= 0.3 is 0 Å². The molecule has 0 unspecified atom stereocenters. The van der Waals surface area contributed by atoms with E-state index in [1.54, 1.807) is 12.3 Å². The average molecular weight is 358 g/mol. The van der Waals surface area contributed by atoms with Crippen molar-refractivity contribution in [2.24, 2.45) is 0 Å². The molecule has 4 heterocycles. The Hall–Kier alpha value is -2.32. The second-order valence-electron chi connectivity index (χ2n) is 6.99. The van der Waals surface area contributed by atoms with Crippen LogP contribution in [0.5, 0.6) is 0 Å². The number of carbonyl (C=O) groups is 1. The van der Waals surface area contributed by atoms with Crippen LogP contribution in [0.3, 0.4) is 0 Å². The first-order chi connectivity index (χ1) is 12.6. The van der Waals surface area contributed by atoms with Crippen molar-refractivity contribution in [3.63, 3.8) is 0 Å². The van der Waals surface area contributed by atoms with Crippen molar-refractivity contribution in [2.45, 2.75) is 31.3 Å². The van der Waals surface area contributed by atoms with E-state index >= 15 is 0 Å². The van der Waals surface area contributed by atoms with Crippen LogP contribution >= 0.6 is 0 Å². The van der Waals surface area contributed by atoms with Gasteiger partial charge in [0.15, 0.2) is 11.6 Å². The molecule has 2 aliphatic rings. The van der Waals surface area contributed by atoms with Gasteiger partial charge in [-0.05, 0) is 44.5 Å². The maximum Gasteiger partial charge on any atom is 0.243 e. The summed E-state index contributed by atoms with van der Waals surface area (Å²) in [5.74, 6) is 0.324. The molecule has 0 radical (unpaired) electrons. The number of halogens is 1. The van der Waals surface area contributed by atoms with Crippen molar-refractivity contribution < 1.29 is 9.18 Å². The minimum absolute atomic E-state index is 0.0627. The number of hydrogen-bond donors (Lipinski definition) is 2. The zero-order chi connectivity index (χ0) is 18.1. The summed E-state index contributed by atoms with van der Waals surface area (Å²) in [5, 5.41) is 10.7. The first-order valence-corrected chi connectivity index (χ1v) is 9.02. The first-order valence-electron chi connectivity index (χ1n) is 9.02. The van der Waals surface area contributed by atoms with Crippen LogP contribution in [0.2, 0.25) is 0 Å². The van der Waals surface area contributed by atoms with Gasteiger partial charge in [0.05, 0.1) is 18.4 Å². The Balaban J connectivity index is 1.53. The minimum atomic E-state index is -0.433. The van der Waals surface area contributed by atoms with Crippen LogP contribution in [0.4, 0.5) is 4.39 Å². The van der Waals surface area contributed by atoms with Crippen LogP contribution in [0.25, 0.3) is 5.82 Å². The standard InChI is InChI=1S/C18H23FN6O/c1-13(14-2-3-16(21-10-14)25-12-15(19)11-23-25)24-9-8-22-18(17(24)26)4-6-20-7-5-18/h2-3,10-13,20,22H,4-9H2,1H3/t13-/m0/s1. The van der Waals surface area contributed by atoms with Crippen molar-refractivity contribution in [1.82, 2.24) is 30.3 Å². The van der Waals surface area contributed by atoms with Crippen LogP contribution in [0.1, 0.15) is 31.4 Å². The second-order valence-corrected chi connectivity index (χ2v) is 6.99. The predicted molar refractivity (Wildman–Crippen MR) is 94.3 cm³/mol. The summed E-state index contributed by atoms with van der Waals surface area (Å²) >= 11 is 0. The fourth-order valence-corrected chi connectivity index (χ4v) is 3.87. The number of carbonyl (C=O) groups excluding carboxylic acids is 1. The van der Waals surface area contributed by atoms with Crippen molar-refractivity contribution in [3.8, 4) is 5.82 Å². The highest BCUT2D eigenvalue weighted by Gasteiger charge is 2.45. The van der Waals surface area contributed by atoms with Gasteiger partial charge in [0.2, 0.25) is 5.91 Å². The molecule has 2 fully saturated rings. The number of piperidine rings is 1. The molecule has 1 spiro atoms. The topological polar surface area (TPSA) is 75.1 Å². The Morgan fingerprint density at radius 2 is 2.04 bits per heavy atom. The molecule has 2 saturated heterocycles. The number of pyridine rings is 1. The van der Waals surface area contributed by atoms with E-state index in [2.05, 4.69) is 20.7 Å². The maximum absolute atomic E-state index is 13.2. The number of piperazine rings is 1. The molecule has 1 atom stereocenters. The molecular weight excluding hydrogens is 335 g/mol. The van der Waals surface area contributed by atoms with Crippen LogP contribution in [-0.4, -0.2) is 57.3 Å². The van der Waals surface area contributed by atoms with Gasteiger partial charge in [0.25, 0.3) is 0 Å². The van der Waals surface area contributed by atoms with E-state index in [4.69, 9.17) is 0 Å². The van der Waals surface area contributed by atoms with E-state index in [-0.39, 0.29) is 11.9 Å². The van der Waals surface area contributed by atoms with Crippen LogP contribution in [-0.2, 0) is 4.79 Å². The van der Waals surface area contributed by atoms with E-state index in [1.807, 2.05) is 17.9 Å². The van der Waals surface area contributed by atoms with Gasteiger partial charge in [-0.2, -0.15) is 5.10 Å². The Kier molecular flexibility index (Phi) is 4.46. The van der Waals surface area contributed by atoms with E-state index in [0.717, 1.165) is 44.2 Å². The van der Waals surface area contributed by atoms with E-state index in [9.17, 15) is 9.18 Å². The quantitative estimate of drug-likeness (QED) is 0.857. The van der Waals surface area contributed by atoms with Crippen LogP contribution < -0.4 is 10.6 Å². The second kappa shape index (κ2) is 6.77. The molecule has 2 aliphatic heterocycles. The lowest BCUT2D eigenvalue weighted by atomic mass is 9.84. The number of hydrogen-bond acceptors (Lipinski definition) is 5. The van der Waals surface area contributed by atoms with Gasteiger partial charge in [0.1, 0.15) is 5.54 Å². The highest BCUT2D eigenvalue weighted by atomic mass is 19.1. The van der Waals surface area contributed by atoms with Crippen molar-refractivity contribution in [3.05, 3.63) is 42.1 Å². The lowest BCUT2D eigenvalue weighted by molar-refractivity contribution is -0.145. The molecule has 2 aromatic rings. The van der Waals surface area contributed by atoms with Gasteiger partial charge in [0, 0.05) is 19.3 Å². The molecule has 0 aromatic carbocycles. The molecule has 7 nitrogen and oxygen atoms in total. The molecule has 26 heavy (non-hydrogen) atoms. The summed E-state index contributed by atoms with van der Waals surface area (Å²) in [5.41, 5.74) is 0.526. The molecule has 8 heteroatoms. The summed E-state index contributed by atoms with van der Waals surface area (Å²) < 4.78 is 14.5. The highest BCUT2D eigenvalue weighted by molar-refractivity contribution is 5.87. The molecule has 2 aromatic heterocycles. The van der Waals surface area contributed by atoms with Crippen LogP contribution in [0.15, 0.2) is 30.7 Å². The summed E-state index contributed by atoms with van der Waals surface area (Å²) in [6.45, 7) is 5.23. The van der Waals surface area contributed by atoms with Crippen molar-refractivity contribution >= 4 is 5.91 Å². The third-order valence-corrected chi connectivity index (χ3v) is 5.45. The average Bonchev–Trinajstić information content (AvgIpc) is 3.11. The highest BCUT2D eigenvalue weighted by Crippen LogP contribution is 2.30. The number of amides is 1. The Labute approximate surface area is 151 Å². The zero-order valence-electron chi connectivity index (χ0n) is 14.8. The van der Waals surface area contributed by atoms with Crippen LogP contribution in [0, 0.1) is 5.82 Å². The molecule has 0 bridgehead atoms. The Morgan fingerprint density at radius 3 is 2.69 bits per heavy atom. The number of rotatable bonds is 3. The third kappa shape index (κ3) is 2.99. The fourth-order valence-electron chi connectivity index (χ4n) is 3.87. The normalized spacial score (nSPS) is 21.2. The SMILES string of the molecule is C[C@@H](c1ccc(-n2cc(F)cn2)nc1)N1CCNC2(CCNCC2)C1=O. The van der Waals surface area contributed by atoms with Crippen molar-refractivity contribution in [1.29, 1.82) is 0 Å². The Morgan fingerprint density at radius 1 is 1.23 bits per heavy atom. The maximum atomic E-state index is 13.2.